The Morgan fingerprint density at radius 3 is 2.09 bits per heavy atom. The third-order valence-electron chi connectivity index (χ3n) is 2.11. The fourth-order valence-electron chi connectivity index (χ4n) is 1.30. The van der Waals surface area contributed by atoms with Gasteiger partial charge in [0.1, 0.15) is 0 Å². The van der Waals surface area contributed by atoms with Gasteiger partial charge in [0.25, 0.3) is 0 Å². The Kier molecular flexibility index (Phi) is 1.69. The quantitative estimate of drug-likeness (QED) is 0.471. The Labute approximate surface area is 66.1 Å². The number of urea groups is 1. The molecule has 2 fully saturated rings. The average molecular weight is 155 g/mol. The number of hydrogen-bond donors (Lipinski definition) is 1. The van der Waals surface area contributed by atoms with Crippen LogP contribution in [0.25, 0.3) is 0 Å². The van der Waals surface area contributed by atoms with E-state index in [0.29, 0.717) is 0 Å². The summed E-state index contributed by atoms with van der Waals surface area (Å²) < 4.78 is 0. The van der Waals surface area contributed by atoms with Gasteiger partial charge in [-0.3, -0.25) is 0 Å². The molecule has 11 heavy (non-hydrogen) atoms. The minimum Gasteiger partial charge on any atom is -0.322 e. The van der Waals surface area contributed by atoms with Gasteiger partial charge in [0.05, 0.1) is 0 Å². The lowest BCUT2D eigenvalue weighted by molar-refractivity contribution is 0.177. The van der Waals surface area contributed by atoms with Crippen LogP contribution in [-0.2, 0) is 0 Å². The highest BCUT2D eigenvalue weighted by atomic mass is 16.2. The Balaban J connectivity index is 1.86. The van der Waals surface area contributed by atoms with Crippen molar-refractivity contribution in [2.45, 2.75) is 0 Å². The maximum absolute atomic E-state index is 11.4. The number of carbonyl (C=O) groups excluding carboxylic acids is 1. The van der Waals surface area contributed by atoms with Crippen molar-refractivity contribution in [2.75, 3.05) is 39.3 Å². The summed E-state index contributed by atoms with van der Waals surface area (Å²) in [6.07, 6.45) is 0. The number of amides is 2. The number of carbonyl (C=O) groups is 1. The Hall–Kier alpha value is -0.770. The van der Waals surface area contributed by atoms with Crippen molar-refractivity contribution in [3.63, 3.8) is 0 Å². The standard InChI is InChI=1S/C7H13N3O/c11-7(10-5-6-10)9-3-1-8-2-4-9/h8H,1-6H2. The average Bonchev–Trinajstić information content (AvgIpc) is 2.87. The van der Waals surface area contributed by atoms with Crippen LogP contribution >= 0.6 is 0 Å². The second kappa shape index (κ2) is 2.70. The summed E-state index contributed by atoms with van der Waals surface area (Å²) in [6.45, 7) is 5.55. The summed E-state index contributed by atoms with van der Waals surface area (Å²) in [6, 6.07) is 0.228. The number of hydrogen-bond acceptors (Lipinski definition) is 2. The predicted molar refractivity (Wildman–Crippen MR) is 41.4 cm³/mol. The summed E-state index contributed by atoms with van der Waals surface area (Å²) >= 11 is 0. The summed E-state index contributed by atoms with van der Waals surface area (Å²) in [7, 11) is 0. The first-order valence-electron chi connectivity index (χ1n) is 4.12. The molecule has 4 heteroatoms. The molecule has 0 aliphatic carbocycles. The van der Waals surface area contributed by atoms with Crippen molar-refractivity contribution < 1.29 is 4.79 Å². The molecule has 0 spiro atoms. The molecule has 2 saturated heterocycles. The Morgan fingerprint density at radius 1 is 1.00 bits per heavy atom. The third kappa shape index (κ3) is 1.45. The normalized spacial score (nSPS) is 23.6. The lowest BCUT2D eigenvalue weighted by Gasteiger charge is -2.27. The second-order valence-electron chi connectivity index (χ2n) is 3.01. The molecule has 1 N–H and O–H groups in total. The van der Waals surface area contributed by atoms with Gasteiger partial charge in [0.2, 0.25) is 0 Å². The van der Waals surface area contributed by atoms with E-state index < -0.39 is 0 Å². The maximum Gasteiger partial charge on any atom is 0.320 e. The fraction of sp³-hybridized carbons (Fsp3) is 0.857. The first kappa shape index (κ1) is 6.91. The third-order valence-corrected chi connectivity index (χ3v) is 2.11. The Bertz CT molecular complexity index is 161. The van der Waals surface area contributed by atoms with E-state index in [1.165, 1.54) is 0 Å². The van der Waals surface area contributed by atoms with Gasteiger partial charge >= 0.3 is 6.03 Å². The van der Waals surface area contributed by atoms with Crippen molar-refractivity contribution in [3.8, 4) is 0 Å². The zero-order valence-electron chi connectivity index (χ0n) is 6.55. The van der Waals surface area contributed by atoms with E-state index in [-0.39, 0.29) is 6.03 Å². The van der Waals surface area contributed by atoms with Crippen LogP contribution in [0.3, 0.4) is 0 Å². The van der Waals surface area contributed by atoms with Crippen molar-refractivity contribution in [2.24, 2.45) is 0 Å². The number of nitrogens with zero attached hydrogens (tertiary/aromatic N) is 2. The molecule has 0 aromatic heterocycles. The van der Waals surface area contributed by atoms with Gasteiger partial charge in [0.15, 0.2) is 0 Å². The van der Waals surface area contributed by atoms with Gasteiger partial charge in [-0.25, -0.2) is 4.79 Å². The predicted octanol–water partition coefficient (Wildman–Crippen LogP) is -0.673. The molecule has 2 heterocycles. The SMILES string of the molecule is O=C(N1CCNCC1)N1CC1. The molecule has 62 valence electrons. The number of piperazine rings is 1. The van der Waals surface area contributed by atoms with Gasteiger partial charge in [-0.05, 0) is 0 Å². The molecule has 2 aliphatic rings. The summed E-state index contributed by atoms with van der Waals surface area (Å²) in [5.41, 5.74) is 0. The van der Waals surface area contributed by atoms with Gasteiger partial charge in [-0.15, -0.1) is 0 Å². The molecular formula is C7H13N3O. The van der Waals surface area contributed by atoms with Crippen molar-refractivity contribution >= 4 is 6.03 Å². The summed E-state index contributed by atoms with van der Waals surface area (Å²) in [5, 5.41) is 3.22. The van der Waals surface area contributed by atoms with Crippen LogP contribution in [0.5, 0.6) is 0 Å². The van der Waals surface area contributed by atoms with Crippen LogP contribution < -0.4 is 5.32 Å². The highest BCUT2D eigenvalue weighted by molar-refractivity contribution is 5.76. The molecule has 0 aromatic carbocycles. The maximum atomic E-state index is 11.4. The first-order chi connectivity index (χ1) is 5.38. The molecule has 0 atom stereocenters. The minimum absolute atomic E-state index is 0.228. The molecule has 4 nitrogen and oxygen atoms in total. The molecule has 0 bridgehead atoms. The molecule has 0 aromatic rings. The second-order valence-corrected chi connectivity index (χ2v) is 3.01. The molecule has 2 rings (SSSR count). The monoisotopic (exact) mass is 155 g/mol. The number of rotatable bonds is 0. The zero-order valence-corrected chi connectivity index (χ0v) is 6.55. The molecule has 0 unspecified atom stereocenters. The lowest BCUT2D eigenvalue weighted by Crippen LogP contribution is -2.47. The van der Waals surface area contributed by atoms with Gasteiger partial charge < -0.3 is 15.1 Å². The van der Waals surface area contributed by atoms with E-state index in [2.05, 4.69) is 5.32 Å². The smallest absolute Gasteiger partial charge is 0.320 e. The van der Waals surface area contributed by atoms with E-state index in [4.69, 9.17) is 0 Å². The van der Waals surface area contributed by atoms with Crippen LogP contribution in [0.4, 0.5) is 4.79 Å². The lowest BCUT2D eigenvalue weighted by atomic mass is 10.4. The Morgan fingerprint density at radius 2 is 1.55 bits per heavy atom. The van der Waals surface area contributed by atoms with Crippen molar-refractivity contribution in [3.05, 3.63) is 0 Å². The van der Waals surface area contributed by atoms with Crippen LogP contribution in [-0.4, -0.2) is 55.1 Å². The molecule has 2 aliphatic heterocycles. The van der Waals surface area contributed by atoms with Crippen LogP contribution in [0.1, 0.15) is 0 Å². The van der Waals surface area contributed by atoms with Crippen LogP contribution in [0, 0.1) is 0 Å². The summed E-state index contributed by atoms with van der Waals surface area (Å²) in [5.74, 6) is 0. The van der Waals surface area contributed by atoms with E-state index in [1.807, 2.05) is 9.80 Å². The van der Waals surface area contributed by atoms with Crippen molar-refractivity contribution in [1.82, 2.24) is 15.1 Å². The van der Waals surface area contributed by atoms with Gasteiger partial charge in [-0.2, -0.15) is 0 Å². The molecule has 2 amide bonds. The molecule has 0 saturated carbocycles. The van der Waals surface area contributed by atoms with Crippen LogP contribution in [0.15, 0.2) is 0 Å². The highest BCUT2D eigenvalue weighted by Gasteiger charge is 2.29. The van der Waals surface area contributed by atoms with Gasteiger partial charge in [0, 0.05) is 39.3 Å². The van der Waals surface area contributed by atoms with E-state index in [9.17, 15) is 4.79 Å². The number of nitrogens with one attached hydrogen (secondary N) is 1. The molecule has 0 radical (unpaired) electrons. The van der Waals surface area contributed by atoms with E-state index >= 15 is 0 Å². The first-order valence-corrected chi connectivity index (χ1v) is 4.12. The topological polar surface area (TPSA) is 35.4 Å². The van der Waals surface area contributed by atoms with Crippen molar-refractivity contribution in [1.29, 1.82) is 0 Å². The largest absolute Gasteiger partial charge is 0.322 e. The van der Waals surface area contributed by atoms with Crippen LogP contribution in [0.2, 0.25) is 0 Å². The van der Waals surface area contributed by atoms with E-state index in [1.54, 1.807) is 0 Å². The molecular weight excluding hydrogens is 142 g/mol. The minimum atomic E-state index is 0.228. The highest BCUT2D eigenvalue weighted by Crippen LogP contribution is 2.08. The fourth-order valence-corrected chi connectivity index (χ4v) is 1.30. The zero-order chi connectivity index (χ0) is 7.68. The van der Waals surface area contributed by atoms with E-state index in [0.717, 1.165) is 39.3 Å². The summed E-state index contributed by atoms with van der Waals surface area (Å²) in [4.78, 5) is 15.2. The van der Waals surface area contributed by atoms with Gasteiger partial charge in [-0.1, -0.05) is 0 Å².